The predicted octanol–water partition coefficient (Wildman–Crippen LogP) is 3.78. The van der Waals surface area contributed by atoms with Gasteiger partial charge in [-0.25, -0.2) is 0 Å². The Morgan fingerprint density at radius 1 is 1.21 bits per heavy atom. The summed E-state index contributed by atoms with van der Waals surface area (Å²) in [4.78, 5) is 18.5. The number of likely N-dealkylation sites (tertiary alicyclic amines) is 1. The molecule has 19 heavy (non-hydrogen) atoms. The number of hydrogen-bond acceptors (Lipinski definition) is 2. The molecule has 0 spiro atoms. The summed E-state index contributed by atoms with van der Waals surface area (Å²) in [5.74, 6) is -0.0446. The van der Waals surface area contributed by atoms with Gasteiger partial charge >= 0.3 is 0 Å². The van der Waals surface area contributed by atoms with Crippen LogP contribution in [0.5, 0.6) is 0 Å². The van der Waals surface area contributed by atoms with Crippen molar-refractivity contribution < 1.29 is 4.79 Å². The number of hydrogen-bond donors (Lipinski definition) is 0. The first-order valence-electron chi connectivity index (χ1n) is 6.20. The fraction of sp³-hybridized carbons (Fsp3) is 0.286. The average molecular weight is 295 g/mol. The van der Waals surface area contributed by atoms with Crippen molar-refractivity contribution in [3.63, 3.8) is 0 Å². The molecule has 3 nitrogen and oxygen atoms in total. The van der Waals surface area contributed by atoms with Crippen molar-refractivity contribution in [3.8, 4) is 0 Å². The van der Waals surface area contributed by atoms with Crippen molar-refractivity contribution in [3.05, 3.63) is 40.0 Å². The smallest absolute Gasteiger partial charge is 0.256 e. The van der Waals surface area contributed by atoms with Crippen LogP contribution in [0.3, 0.4) is 0 Å². The summed E-state index contributed by atoms with van der Waals surface area (Å²) in [7, 11) is 0. The summed E-state index contributed by atoms with van der Waals surface area (Å²) >= 11 is 12.3. The summed E-state index contributed by atoms with van der Waals surface area (Å²) in [5.41, 5.74) is 1.20. The summed E-state index contributed by atoms with van der Waals surface area (Å²) in [5, 5.41) is 1.74. The first-order valence-corrected chi connectivity index (χ1v) is 6.95. The van der Waals surface area contributed by atoms with Crippen LogP contribution in [-0.4, -0.2) is 28.9 Å². The second kappa shape index (κ2) is 4.99. The Labute approximate surface area is 121 Å². The normalized spacial score (nSPS) is 15.2. The molecule has 0 unspecified atom stereocenters. The first kappa shape index (κ1) is 12.7. The molecule has 0 N–H and O–H groups in total. The van der Waals surface area contributed by atoms with Gasteiger partial charge in [0.05, 0.1) is 16.1 Å². The highest BCUT2D eigenvalue weighted by molar-refractivity contribution is 6.39. The van der Waals surface area contributed by atoms with Gasteiger partial charge in [-0.1, -0.05) is 23.2 Å². The molecule has 1 amide bonds. The van der Waals surface area contributed by atoms with E-state index in [4.69, 9.17) is 23.2 Å². The fourth-order valence-electron chi connectivity index (χ4n) is 2.37. The van der Waals surface area contributed by atoms with E-state index in [2.05, 4.69) is 4.98 Å². The lowest BCUT2D eigenvalue weighted by Gasteiger charge is -2.16. The van der Waals surface area contributed by atoms with Crippen molar-refractivity contribution in [1.82, 2.24) is 9.88 Å². The van der Waals surface area contributed by atoms with Crippen LogP contribution in [0, 0.1) is 0 Å². The van der Waals surface area contributed by atoms with Gasteiger partial charge in [-0.05, 0) is 31.0 Å². The molecule has 0 bridgehead atoms. The van der Waals surface area contributed by atoms with Crippen LogP contribution in [0.1, 0.15) is 23.2 Å². The number of pyridine rings is 1. The molecule has 3 rings (SSSR count). The summed E-state index contributed by atoms with van der Waals surface area (Å²) in [6, 6.07) is 5.30. The minimum Gasteiger partial charge on any atom is -0.339 e. The Hall–Kier alpha value is -1.32. The lowest BCUT2D eigenvalue weighted by Crippen LogP contribution is -2.28. The van der Waals surface area contributed by atoms with E-state index in [1.165, 1.54) is 0 Å². The molecule has 1 aliphatic rings. The van der Waals surface area contributed by atoms with Crippen LogP contribution in [-0.2, 0) is 0 Å². The van der Waals surface area contributed by atoms with E-state index in [0.29, 0.717) is 15.6 Å². The summed E-state index contributed by atoms with van der Waals surface area (Å²) < 4.78 is 0. The number of carbonyl (C=O) groups excluding carboxylic acids is 1. The third kappa shape index (κ3) is 2.28. The summed E-state index contributed by atoms with van der Waals surface area (Å²) in [6.07, 6.45) is 3.66. The number of nitrogens with zero attached hydrogens (tertiary/aromatic N) is 2. The number of amides is 1. The zero-order valence-electron chi connectivity index (χ0n) is 10.2. The second-order valence-electron chi connectivity index (χ2n) is 4.65. The van der Waals surface area contributed by atoms with Gasteiger partial charge in [0.15, 0.2) is 0 Å². The van der Waals surface area contributed by atoms with E-state index >= 15 is 0 Å². The van der Waals surface area contributed by atoms with Crippen LogP contribution in [0.2, 0.25) is 10.0 Å². The minimum absolute atomic E-state index is 0.0446. The van der Waals surface area contributed by atoms with Gasteiger partial charge in [-0.2, -0.15) is 0 Å². The molecule has 1 fully saturated rings. The highest BCUT2D eigenvalue weighted by Gasteiger charge is 2.22. The molecular formula is C14H12Cl2N2O. The maximum Gasteiger partial charge on any atom is 0.256 e. The molecule has 0 saturated carbocycles. The molecule has 1 aromatic carbocycles. The lowest BCUT2D eigenvalue weighted by atomic mass is 10.1. The van der Waals surface area contributed by atoms with Crippen LogP contribution in [0.25, 0.3) is 10.9 Å². The van der Waals surface area contributed by atoms with Crippen LogP contribution < -0.4 is 0 Å². The lowest BCUT2D eigenvalue weighted by molar-refractivity contribution is 0.0793. The van der Waals surface area contributed by atoms with Gasteiger partial charge in [0.25, 0.3) is 5.91 Å². The van der Waals surface area contributed by atoms with E-state index in [0.717, 1.165) is 36.8 Å². The van der Waals surface area contributed by atoms with Gasteiger partial charge in [0.1, 0.15) is 0 Å². The maximum atomic E-state index is 12.4. The van der Waals surface area contributed by atoms with Gasteiger partial charge in [-0.3, -0.25) is 9.78 Å². The number of halogens is 2. The molecule has 0 aliphatic carbocycles. The quantitative estimate of drug-likeness (QED) is 0.802. The molecule has 2 heterocycles. The Bertz CT molecular complexity index is 651. The van der Waals surface area contributed by atoms with E-state index in [9.17, 15) is 4.79 Å². The topological polar surface area (TPSA) is 33.2 Å². The minimum atomic E-state index is -0.0446. The number of rotatable bonds is 1. The molecular weight excluding hydrogens is 283 g/mol. The fourth-order valence-corrected chi connectivity index (χ4v) is 2.83. The first-order chi connectivity index (χ1) is 9.16. The van der Waals surface area contributed by atoms with E-state index < -0.39 is 0 Å². The number of fused-ring (bicyclic) bond motifs is 1. The Balaban J connectivity index is 2.09. The third-order valence-corrected chi connectivity index (χ3v) is 4.03. The zero-order chi connectivity index (χ0) is 13.4. The Kier molecular flexibility index (Phi) is 3.33. The molecule has 0 atom stereocenters. The maximum absolute atomic E-state index is 12.4. The molecule has 0 radical (unpaired) electrons. The number of benzene rings is 1. The molecule has 1 aromatic heterocycles. The Morgan fingerprint density at radius 2 is 1.95 bits per heavy atom. The molecule has 5 heteroatoms. The van der Waals surface area contributed by atoms with Crippen LogP contribution in [0.4, 0.5) is 0 Å². The van der Waals surface area contributed by atoms with Crippen molar-refractivity contribution in [2.24, 2.45) is 0 Å². The average Bonchev–Trinajstić information content (AvgIpc) is 2.93. The predicted molar refractivity (Wildman–Crippen MR) is 76.9 cm³/mol. The molecule has 1 saturated heterocycles. The van der Waals surface area contributed by atoms with Gasteiger partial charge in [0, 0.05) is 29.7 Å². The van der Waals surface area contributed by atoms with Gasteiger partial charge in [0.2, 0.25) is 0 Å². The van der Waals surface area contributed by atoms with Crippen molar-refractivity contribution in [1.29, 1.82) is 0 Å². The van der Waals surface area contributed by atoms with Crippen LogP contribution in [0.15, 0.2) is 24.4 Å². The van der Waals surface area contributed by atoms with Crippen molar-refractivity contribution >= 4 is 40.0 Å². The Morgan fingerprint density at radius 3 is 2.68 bits per heavy atom. The van der Waals surface area contributed by atoms with Crippen molar-refractivity contribution in [2.45, 2.75) is 12.8 Å². The van der Waals surface area contributed by atoms with Gasteiger partial charge in [-0.15, -0.1) is 0 Å². The monoisotopic (exact) mass is 294 g/mol. The SMILES string of the molecule is O=C(c1cnc2ccc(Cl)cc2c1Cl)N1CCCC1. The highest BCUT2D eigenvalue weighted by Crippen LogP contribution is 2.29. The molecule has 2 aromatic rings. The third-order valence-electron chi connectivity index (χ3n) is 3.39. The van der Waals surface area contributed by atoms with E-state index in [-0.39, 0.29) is 5.91 Å². The van der Waals surface area contributed by atoms with E-state index in [1.54, 1.807) is 24.4 Å². The van der Waals surface area contributed by atoms with Crippen molar-refractivity contribution in [2.75, 3.05) is 13.1 Å². The van der Waals surface area contributed by atoms with E-state index in [1.807, 2.05) is 4.90 Å². The molecule has 98 valence electrons. The molecule has 1 aliphatic heterocycles. The van der Waals surface area contributed by atoms with Crippen LogP contribution >= 0.6 is 23.2 Å². The number of carbonyl (C=O) groups is 1. The highest BCUT2D eigenvalue weighted by atomic mass is 35.5. The number of aromatic nitrogens is 1. The standard InChI is InChI=1S/C14H12Cl2N2O/c15-9-3-4-12-10(7-9)13(16)11(8-17-12)14(19)18-5-1-2-6-18/h3-4,7-8H,1-2,5-6H2. The summed E-state index contributed by atoms with van der Waals surface area (Å²) in [6.45, 7) is 1.59. The second-order valence-corrected chi connectivity index (χ2v) is 5.46. The van der Waals surface area contributed by atoms with Gasteiger partial charge < -0.3 is 4.90 Å². The zero-order valence-corrected chi connectivity index (χ0v) is 11.7. The largest absolute Gasteiger partial charge is 0.339 e.